The standard InChI is InChI=1S/C17H20Br2N2O3S.ClH/c1-2-24-17-13(9-14(18)10-16(17)19)11-21-8-7-12-3-5-15(6-4-12)25(20,22)23;/h3-6,9-10,21H,2,7-8,11H2,1H3,(H2,20,22,23);1H. The molecule has 0 aromatic heterocycles. The second-order valence-electron chi connectivity index (χ2n) is 5.42. The Bertz CT molecular complexity index is 831. The van der Waals surface area contributed by atoms with Crippen molar-refractivity contribution < 1.29 is 13.2 Å². The molecule has 2 rings (SSSR count). The van der Waals surface area contributed by atoms with E-state index in [0.717, 1.165) is 38.8 Å². The van der Waals surface area contributed by atoms with Crippen molar-refractivity contribution in [1.29, 1.82) is 0 Å². The van der Waals surface area contributed by atoms with Crippen molar-refractivity contribution in [3.63, 3.8) is 0 Å². The Morgan fingerprint density at radius 3 is 2.38 bits per heavy atom. The van der Waals surface area contributed by atoms with E-state index in [4.69, 9.17) is 9.88 Å². The summed E-state index contributed by atoms with van der Waals surface area (Å²) in [6, 6.07) is 10.6. The third kappa shape index (κ3) is 6.83. The van der Waals surface area contributed by atoms with E-state index in [1.165, 1.54) is 12.1 Å². The van der Waals surface area contributed by atoms with Crippen molar-refractivity contribution in [3.05, 3.63) is 56.5 Å². The highest BCUT2D eigenvalue weighted by molar-refractivity contribution is 9.11. The van der Waals surface area contributed by atoms with Crippen LogP contribution >= 0.6 is 44.3 Å². The first kappa shape index (κ1) is 23.4. The van der Waals surface area contributed by atoms with Crippen LogP contribution in [-0.4, -0.2) is 21.6 Å². The normalized spacial score (nSPS) is 11.1. The maximum absolute atomic E-state index is 11.2. The highest BCUT2D eigenvalue weighted by Crippen LogP contribution is 2.32. The number of sulfonamides is 1. The summed E-state index contributed by atoms with van der Waals surface area (Å²) in [7, 11) is -3.64. The minimum absolute atomic E-state index is 0. The van der Waals surface area contributed by atoms with Gasteiger partial charge in [-0.3, -0.25) is 0 Å². The van der Waals surface area contributed by atoms with E-state index in [1.54, 1.807) is 12.1 Å². The molecule has 5 nitrogen and oxygen atoms in total. The highest BCUT2D eigenvalue weighted by Gasteiger charge is 2.10. The molecule has 0 heterocycles. The zero-order valence-electron chi connectivity index (χ0n) is 14.2. The number of rotatable bonds is 8. The maximum Gasteiger partial charge on any atom is 0.238 e. The Morgan fingerprint density at radius 2 is 1.81 bits per heavy atom. The Balaban J connectivity index is 0.00000338. The molecule has 2 aromatic carbocycles. The number of hydrogen-bond acceptors (Lipinski definition) is 4. The minimum atomic E-state index is -3.64. The van der Waals surface area contributed by atoms with Crippen LogP contribution < -0.4 is 15.2 Å². The minimum Gasteiger partial charge on any atom is -0.492 e. The van der Waals surface area contributed by atoms with E-state index in [0.29, 0.717) is 13.2 Å². The molecule has 3 N–H and O–H groups in total. The number of nitrogens with two attached hydrogens (primary N) is 1. The first-order chi connectivity index (χ1) is 11.8. The van der Waals surface area contributed by atoms with Crippen LogP contribution in [0.5, 0.6) is 5.75 Å². The van der Waals surface area contributed by atoms with Gasteiger partial charge < -0.3 is 10.1 Å². The third-order valence-corrected chi connectivity index (χ3v) is 5.51. The van der Waals surface area contributed by atoms with Gasteiger partial charge in [0.25, 0.3) is 0 Å². The third-order valence-electron chi connectivity index (χ3n) is 3.53. The number of primary sulfonamides is 1. The molecule has 26 heavy (non-hydrogen) atoms. The number of halogens is 3. The summed E-state index contributed by atoms with van der Waals surface area (Å²) in [5, 5.41) is 8.48. The lowest BCUT2D eigenvalue weighted by atomic mass is 10.1. The van der Waals surface area contributed by atoms with Crippen LogP contribution in [0.3, 0.4) is 0 Å². The molecular formula is C17H21Br2ClN2O3S. The average molecular weight is 529 g/mol. The van der Waals surface area contributed by atoms with Gasteiger partial charge in [0, 0.05) is 16.6 Å². The first-order valence-electron chi connectivity index (χ1n) is 7.74. The van der Waals surface area contributed by atoms with Gasteiger partial charge in [-0.25, -0.2) is 13.6 Å². The number of ether oxygens (including phenoxy) is 1. The van der Waals surface area contributed by atoms with E-state index in [1.807, 2.05) is 19.1 Å². The summed E-state index contributed by atoms with van der Waals surface area (Å²) < 4.78 is 30.1. The summed E-state index contributed by atoms with van der Waals surface area (Å²) in [6.07, 6.45) is 0.782. The Morgan fingerprint density at radius 1 is 1.15 bits per heavy atom. The first-order valence-corrected chi connectivity index (χ1v) is 10.9. The van der Waals surface area contributed by atoms with E-state index in [-0.39, 0.29) is 17.3 Å². The fourth-order valence-electron chi connectivity index (χ4n) is 2.35. The molecule has 0 aliphatic carbocycles. The van der Waals surface area contributed by atoms with Crippen LogP contribution in [0.2, 0.25) is 0 Å². The highest BCUT2D eigenvalue weighted by atomic mass is 79.9. The molecule has 9 heteroatoms. The van der Waals surface area contributed by atoms with Gasteiger partial charge in [-0.15, -0.1) is 12.4 Å². The summed E-state index contributed by atoms with van der Waals surface area (Å²) in [5.41, 5.74) is 2.10. The summed E-state index contributed by atoms with van der Waals surface area (Å²) >= 11 is 7.02. The molecule has 0 bridgehead atoms. The van der Waals surface area contributed by atoms with Crippen molar-refractivity contribution in [2.24, 2.45) is 5.14 Å². The fraction of sp³-hybridized carbons (Fsp3) is 0.294. The van der Waals surface area contributed by atoms with Crippen molar-refractivity contribution in [3.8, 4) is 5.75 Å². The lowest BCUT2D eigenvalue weighted by Gasteiger charge is -2.14. The van der Waals surface area contributed by atoms with Gasteiger partial charge in [-0.2, -0.15) is 0 Å². The van der Waals surface area contributed by atoms with Crippen LogP contribution in [0.4, 0.5) is 0 Å². The Labute approximate surface area is 177 Å². The molecule has 0 saturated heterocycles. The monoisotopic (exact) mass is 526 g/mol. The van der Waals surface area contributed by atoms with Crippen molar-refractivity contribution in [1.82, 2.24) is 5.32 Å². The molecular weight excluding hydrogens is 508 g/mol. The summed E-state index contributed by atoms with van der Waals surface area (Å²) in [4.78, 5) is 0.129. The van der Waals surface area contributed by atoms with E-state index in [2.05, 4.69) is 37.2 Å². The molecule has 0 amide bonds. The predicted molar refractivity (Wildman–Crippen MR) is 113 cm³/mol. The van der Waals surface area contributed by atoms with Gasteiger partial charge in [0.1, 0.15) is 5.75 Å². The van der Waals surface area contributed by atoms with Gasteiger partial charge in [0.15, 0.2) is 0 Å². The van der Waals surface area contributed by atoms with Crippen LogP contribution in [-0.2, 0) is 23.0 Å². The molecule has 2 aromatic rings. The lowest BCUT2D eigenvalue weighted by molar-refractivity contribution is 0.333. The Kier molecular flexibility index (Phi) is 9.57. The molecule has 0 aliphatic rings. The SMILES string of the molecule is CCOc1c(Br)cc(Br)cc1CNCCc1ccc(S(N)(=O)=O)cc1.Cl. The van der Waals surface area contributed by atoms with Gasteiger partial charge in [0.05, 0.1) is 16.0 Å². The van der Waals surface area contributed by atoms with E-state index in [9.17, 15) is 8.42 Å². The Hall–Kier alpha value is -0.640. The molecule has 0 atom stereocenters. The van der Waals surface area contributed by atoms with Gasteiger partial charge in [0.2, 0.25) is 10.0 Å². The van der Waals surface area contributed by atoms with Crippen LogP contribution in [0.15, 0.2) is 50.2 Å². The van der Waals surface area contributed by atoms with Gasteiger partial charge >= 0.3 is 0 Å². The topological polar surface area (TPSA) is 81.4 Å². The van der Waals surface area contributed by atoms with E-state index < -0.39 is 10.0 Å². The lowest BCUT2D eigenvalue weighted by Crippen LogP contribution is -2.17. The largest absolute Gasteiger partial charge is 0.492 e. The molecule has 0 spiro atoms. The van der Waals surface area contributed by atoms with Gasteiger partial charge in [-0.1, -0.05) is 28.1 Å². The molecule has 144 valence electrons. The van der Waals surface area contributed by atoms with Crippen LogP contribution in [0.25, 0.3) is 0 Å². The van der Waals surface area contributed by atoms with E-state index >= 15 is 0 Å². The molecule has 0 fully saturated rings. The number of benzene rings is 2. The smallest absolute Gasteiger partial charge is 0.238 e. The second kappa shape index (κ2) is 10.6. The fourth-order valence-corrected chi connectivity index (χ4v) is 4.30. The molecule has 0 saturated carbocycles. The average Bonchev–Trinajstić information content (AvgIpc) is 2.54. The zero-order chi connectivity index (χ0) is 18.4. The molecule has 0 unspecified atom stereocenters. The number of nitrogens with one attached hydrogen (secondary N) is 1. The van der Waals surface area contributed by atoms with Crippen molar-refractivity contribution in [2.45, 2.75) is 24.8 Å². The summed E-state index contributed by atoms with van der Waals surface area (Å²) in [6.45, 7) is 3.98. The van der Waals surface area contributed by atoms with Crippen molar-refractivity contribution >= 4 is 54.3 Å². The van der Waals surface area contributed by atoms with Crippen LogP contribution in [0, 0.1) is 0 Å². The second-order valence-corrected chi connectivity index (χ2v) is 8.76. The summed E-state index contributed by atoms with van der Waals surface area (Å²) in [5.74, 6) is 0.843. The van der Waals surface area contributed by atoms with Crippen molar-refractivity contribution in [2.75, 3.05) is 13.2 Å². The maximum atomic E-state index is 11.2. The molecule has 0 radical (unpaired) electrons. The quantitative estimate of drug-likeness (QED) is 0.508. The number of hydrogen-bond donors (Lipinski definition) is 2. The predicted octanol–water partition coefficient (Wildman–Crippen LogP) is 4.01. The zero-order valence-corrected chi connectivity index (χ0v) is 19.0. The molecule has 0 aliphatic heterocycles. The van der Waals surface area contributed by atoms with Crippen LogP contribution in [0.1, 0.15) is 18.1 Å². The van der Waals surface area contributed by atoms with Gasteiger partial charge in [-0.05, 0) is 65.6 Å².